The molecule has 0 aliphatic carbocycles. The SMILES string of the molecule is CNC1CC2CCC(C1)N2Cc1ccccn1. The number of pyridine rings is 1. The minimum atomic E-state index is 0.729. The summed E-state index contributed by atoms with van der Waals surface area (Å²) >= 11 is 0. The molecule has 2 bridgehead atoms. The van der Waals surface area contributed by atoms with Gasteiger partial charge in [0.2, 0.25) is 0 Å². The van der Waals surface area contributed by atoms with Gasteiger partial charge in [-0.05, 0) is 44.9 Å². The van der Waals surface area contributed by atoms with Crippen molar-refractivity contribution < 1.29 is 0 Å². The second-order valence-corrected chi connectivity index (χ2v) is 5.34. The summed E-state index contributed by atoms with van der Waals surface area (Å²) in [4.78, 5) is 7.13. The zero-order chi connectivity index (χ0) is 11.7. The molecule has 3 heterocycles. The van der Waals surface area contributed by atoms with E-state index < -0.39 is 0 Å². The molecule has 0 spiro atoms. The molecule has 0 radical (unpaired) electrons. The fourth-order valence-corrected chi connectivity index (χ4v) is 3.45. The van der Waals surface area contributed by atoms with Crippen molar-refractivity contribution in [1.82, 2.24) is 15.2 Å². The van der Waals surface area contributed by atoms with E-state index >= 15 is 0 Å². The Morgan fingerprint density at radius 2 is 2.06 bits per heavy atom. The fraction of sp³-hybridized carbons (Fsp3) is 0.643. The van der Waals surface area contributed by atoms with E-state index in [9.17, 15) is 0 Å². The van der Waals surface area contributed by atoms with Gasteiger partial charge in [-0.15, -0.1) is 0 Å². The number of rotatable bonds is 3. The summed E-state index contributed by atoms with van der Waals surface area (Å²) in [5.41, 5.74) is 1.22. The zero-order valence-electron chi connectivity index (χ0n) is 10.5. The summed E-state index contributed by atoms with van der Waals surface area (Å²) in [6, 6.07) is 8.49. The van der Waals surface area contributed by atoms with E-state index in [2.05, 4.69) is 34.4 Å². The van der Waals surface area contributed by atoms with Crippen molar-refractivity contribution in [2.45, 2.75) is 50.4 Å². The molecule has 1 aromatic heterocycles. The van der Waals surface area contributed by atoms with Crippen LogP contribution in [0, 0.1) is 0 Å². The van der Waals surface area contributed by atoms with Crippen LogP contribution in [0.25, 0.3) is 0 Å². The first kappa shape index (κ1) is 11.2. The lowest BCUT2D eigenvalue weighted by atomic mass is 9.97. The van der Waals surface area contributed by atoms with Gasteiger partial charge in [0.25, 0.3) is 0 Å². The molecule has 1 N–H and O–H groups in total. The van der Waals surface area contributed by atoms with Crippen LogP contribution in [0.2, 0.25) is 0 Å². The van der Waals surface area contributed by atoms with Gasteiger partial charge in [0.05, 0.1) is 5.69 Å². The molecular weight excluding hydrogens is 210 g/mol. The highest BCUT2D eigenvalue weighted by atomic mass is 15.2. The average molecular weight is 231 g/mol. The van der Waals surface area contributed by atoms with Crippen molar-refractivity contribution in [2.75, 3.05) is 7.05 Å². The van der Waals surface area contributed by atoms with E-state index in [-0.39, 0.29) is 0 Å². The Morgan fingerprint density at radius 3 is 2.65 bits per heavy atom. The smallest absolute Gasteiger partial charge is 0.0544 e. The Kier molecular flexibility index (Phi) is 3.12. The molecule has 92 valence electrons. The monoisotopic (exact) mass is 231 g/mol. The predicted molar refractivity (Wildman–Crippen MR) is 68.7 cm³/mol. The van der Waals surface area contributed by atoms with Gasteiger partial charge in [-0.2, -0.15) is 0 Å². The minimum Gasteiger partial charge on any atom is -0.317 e. The highest BCUT2D eigenvalue weighted by Crippen LogP contribution is 2.36. The third-order valence-corrected chi connectivity index (χ3v) is 4.36. The Balaban J connectivity index is 1.69. The summed E-state index contributed by atoms with van der Waals surface area (Å²) in [7, 11) is 2.10. The highest BCUT2D eigenvalue weighted by molar-refractivity contribution is 5.06. The maximum Gasteiger partial charge on any atom is 0.0544 e. The first-order valence-corrected chi connectivity index (χ1v) is 6.69. The van der Waals surface area contributed by atoms with Gasteiger partial charge in [-0.1, -0.05) is 6.07 Å². The summed E-state index contributed by atoms with van der Waals surface area (Å²) in [6.45, 7) is 1.03. The van der Waals surface area contributed by atoms with Crippen LogP contribution in [0.5, 0.6) is 0 Å². The van der Waals surface area contributed by atoms with E-state index in [1.807, 2.05) is 12.3 Å². The van der Waals surface area contributed by atoms with Gasteiger partial charge in [0.15, 0.2) is 0 Å². The molecule has 2 unspecified atom stereocenters. The summed E-state index contributed by atoms with van der Waals surface area (Å²) in [5.74, 6) is 0. The molecule has 2 fully saturated rings. The molecule has 17 heavy (non-hydrogen) atoms. The van der Waals surface area contributed by atoms with Crippen molar-refractivity contribution in [3.05, 3.63) is 30.1 Å². The van der Waals surface area contributed by atoms with Crippen LogP contribution in [-0.2, 0) is 6.54 Å². The number of aromatic nitrogens is 1. The minimum absolute atomic E-state index is 0.729. The Morgan fingerprint density at radius 1 is 1.29 bits per heavy atom. The zero-order valence-corrected chi connectivity index (χ0v) is 10.5. The molecule has 3 nitrogen and oxygen atoms in total. The molecule has 3 heteroatoms. The van der Waals surface area contributed by atoms with Crippen molar-refractivity contribution in [3.63, 3.8) is 0 Å². The molecule has 2 saturated heterocycles. The number of piperidine rings is 1. The van der Waals surface area contributed by atoms with Crippen LogP contribution < -0.4 is 5.32 Å². The fourth-order valence-electron chi connectivity index (χ4n) is 3.45. The first-order chi connectivity index (χ1) is 8.36. The molecule has 2 atom stereocenters. The van der Waals surface area contributed by atoms with Crippen LogP contribution in [-0.4, -0.2) is 35.1 Å². The molecule has 0 saturated carbocycles. The summed E-state index contributed by atoms with van der Waals surface area (Å²) in [6.07, 6.45) is 7.25. The van der Waals surface area contributed by atoms with Crippen molar-refractivity contribution in [2.24, 2.45) is 0 Å². The number of nitrogens with one attached hydrogen (secondary N) is 1. The highest BCUT2D eigenvalue weighted by Gasteiger charge is 2.39. The molecule has 2 aliphatic heterocycles. The molecule has 0 amide bonds. The molecular formula is C14H21N3. The number of hydrogen-bond acceptors (Lipinski definition) is 3. The molecule has 3 rings (SSSR count). The van der Waals surface area contributed by atoms with Crippen LogP contribution in [0.15, 0.2) is 24.4 Å². The Labute approximate surface area is 103 Å². The largest absolute Gasteiger partial charge is 0.317 e. The van der Waals surface area contributed by atoms with E-state index in [1.54, 1.807) is 0 Å². The molecule has 1 aromatic rings. The van der Waals surface area contributed by atoms with E-state index in [4.69, 9.17) is 0 Å². The molecule has 2 aliphatic rings. The lowest BCUT2D eigenvalue weighted by molar-refractivity contribution is 0.110. The van der Waals surface area contributed by atoms with Crippen molar-refractivity contribution >= 4 is 0 Å². The van der Waals surface area contributed by atoms with Crippen LogP contribution >= 0.6 is 0 Å². The van der Waals surface area contributed by atoms with Gasteiger partial charge in [-0.25, -0.2) is 0 Å². The Hall–Kier alpha value is -0.930. The van der Waals surface area contributed by atoms with Crippen molar-refractivity contribution in [3.8, 4) is 0 Å². The lowest BCUT2D eigenvalue weighted by Crippen LogP contribution is -2.47. The summed E-state index contributed by atoms with van der Waals surface area (Å²) < 4.78 is 0. The number of fused-ring (bicyclic) bond motifs is 2. The lowest BCUT2D eigenvalue weighted by Gasteiger charge is -2.38. The third-order valence-electron chi connectivity index (χ3n) is 4.36. The maximum absolute atomic E-state index is 4.45. The second kappa shape index (κ2) is 4.75. The van der Waals surface area contributed by atoms with Gasteiger partial charge < -0.3 is 5.32 Å². The van der Waals surface area contributed by atoms with Crippen molar-refractivity contribution in [1.29, 1.82) is 0 Å². The van der Waals surface area contributed by atoms with Crippen LogP contribution in [0.4, 0.5) is 0 Å². The number of nitrogens with zero attached hydrogens (tertiary/aromatic N) is 2. The summed E-state index contributed by atoms with van der Waals surface area (Å²) in [5, 5.41) is 3.45. The predicted octanol–water partition coefficient (Wildman–Crippen LogP) is 1.80. The van der Waals surface area contributed by atoms with Gasteiger partial charge >= 0.3 is 0 Å². The number of hydrogen-bond donors (Lipinski definition) is 1. The van der Waals surface area contributed by atoms with E-state index in [0.717, 1.165) is 24.7 Å². The van der Waals surface area contributed by atoms with Crippen LogP contribution in [0.1, 0.15) is 31.4 Å². The normalized spacial score (nSPS) is 32.9. The van der Waals surface area contributed by atoms with Crippen LogP contribution in [0.3, 0.4) is 0 Å². The molecule has 0 aromatic carbocycles. The average Bonchev–Trinajstić information content (AvgIpc) is 2.63. The van der Waals surface area contributed by atoms with Gasteiger partial charge in [0, 0.05) is 30.9 Å². The first-order valence-electron chi connectivity index (χ1n) is 6.69. The third kappa shape index (κ3) is 2.22. The maximum atomic E-state index is 4.45. The quantitative estimate of drug-likeness (QED) is 0.859. The Bertz CT molecular complexity index is 351. The standard InChI is InChI=1S/C14H21N3/c1-15-12-8-13-5-6-14(9-12)17(13)10-11-4-2-3-7-16-11/h2-4,7,12-15H,5-6,8-10H2,1H3. The van der Waals surface area contributed by atoms with E-state index in [0.29, 0.717) is 0 Å². The topological polar surface area (TPSA) is 28.2 Å². The van der Waals surface area contributed by atoms with E-state index in [1.165, 1.54) is 31.4 Å². The van der Waals surface area contributed by atoms with Gasteiger partial charge in [-0.3, -0.25) is 9.88 Å². The second-order valence-electron chi connectivity index (χ2n) is 5.34. The van der Waals surface area contributed by atoms with Gasteiger partial charge in [0.1, 0.15) is 0 Å².